The lowest BCUT2D eigenvalue weighted by molar-refractivity contribution is -0.117. The number of nitrogens with one attached hydrogen (secondary N) is 1. The van der Waals surface area contributed by atoms with Crippen molar-refractivity contribution in [3.05, 3.63) is 27.7 Å². The first-order chi connectivity index (χ1) is 11.2. The van der Waals surface area contributed by atoms with Crippen molar-refractivity contribution in [3.63, 3.8) is 0 Å². The quantitative estimate of drug-likeness (QED) is 0.446. The van der Waals surface area contributed by atoms with Crippen LogP contribution < -0.4 is 14.8 Å². The van der Waals surface area contributed by atoms with E-state index in [2.05, 4.69) is 21.2 Å². The van der Waals surface area contributed by atoms with E-state index in [1.54, 1.807) is 12.1 Å². The van der Waals surface area contributed by atoms with Gasteiger partial charge in [0.05, 0.1) is 0 Å². The first-order valence-electron chi connectivity index (χ1n) is 7.22. The average molecular weight is 381 g/mol. The Balaban J connectivity index is 2.04. The molecule has 1 amide bonds. The highest BCUT2D eigenvalue weighted by Gasteiger charge is 2.17. The summed E-state index contributed by atoms with van der Waals surface area (Å²) < 4.78 is 16.5. The Bertz CT molecular complexity index is 652. The van der Waals surface area contributed by atoms with Crippen LogP contribution in [0.1, 0.15) is 18.9 Å². The molecule has 0 atom stereocenters. The highest BCUT2D eigenvalue weighted by Crippen LogP contribution is 2.37. The standard InChI is InChI=1S/C16H17BrN2O4/c1-2-21-5-3-4-19-16(20)12(9-18)6-11-7-14-15(8-13(11)17)23-10-22-14/h6-8H,2-5,10H2,1H3,(H,19,20)/b12-6+. The molecule has 0 unspecified atom stereocenters. The van der Waals surface area contributed by atoms with Crippen LogP contribution in [0, 0.1) is 11.3 Å². The molecule has 0 fully saturated rings. The minimum Gasteiger partial charge on any atom is -0.454 e. The van der Waals surface area contributed by atoms with Gasteiger partial charge in [-0.15, -0.1) is 0 Å². The molecule has 1 aliphatic heterocycles. The third-order valence-electron chi connectivity index (χ3n) is 3.11. The number of nitriles is 1. The zero-order valence-corrected chi connectivity index (χ0v) is 14.3. The van der Waals surface area contributed by atoms with Crippen molar-refractivity contribution < 1.29 is 19.0 Å². The normalized spacial score (nSPS) is 12.8. The summed E-state index contributed by atoms with van der Waals surface area (Å²) in [5.74, 6) is 0.815. The summed E-state index contributed by atoms with van der Waals surface area (Å²) in [6.45, 7) is 3.77. The van der Waals surface area contributed by atoms with E-state index in [-0.39, 0.29) is 12.4 Å². The Hall–Kier alpha value is -2.04. The number of fused-ring (bicyclic) bond motifs is 1. The van der Waals surface area contributed by atoms with Gasteiger partial charge < -0.3 is 19.5 Å². The van der Waals surface area contributed by atoms with Gasteiger partial charge in [0.25, 0.3) is 5.91 Å². The largest absolute Gasteiger partial charge is 0.454 e. The van der Waals surface area contributed by atoms with Gasteiger partial charge in [0.2, 0.25) is 6.79 Å². The number of rotatable bonds is 7. The molecular weight excluding hydrogens is 364 g/mol. The Morgan fingerprint density at radius 3 is 2.91 bits per heavy atom. The number of halogens is 1. The van der Waals surface area contributed by atoms with Gasteiger partial charge in [-0.3, -0.25) is 4.79 Å². The summed E-state index contributed by atoms with van der Waals surface area (Å²) in [7, 11) is 0. The van der Waals surface area contributed by atoms with Crippen LogP contribution in [0.15, 0.2) is 22.2 Å². The summed E-state index contributed by atoms with van der Waals surface area (Å²) in [5, 5.41) is 11.9. The molecule has 1 heterocycles. The van der Waals surface area contributed by atoms with Gasteiger partial charge in [-0.1, -0.05) is 15.9 Å². The van der Waals surface area contributed by atoms with E-state index >= 15 is 0 Å². The lowest BCUT2D eigenvalue weighted by atomic mass is 10.1. The Labute approximate surface area is 143 Å². The molecular formula is C16H17BrN2O4. The molecule has 1 aliphatic rings. The molecule has 7 heteroatoms. The lowest BCUT2D eigenvalue weighted by Crippen LogP contribution is -2.26. The second kappa shape index (κ2) is 8.56. The SMILES string of the molecule is CCOCCCNC(=O)/C(C#N)=C/c1cc2c(cc1Br)OCO2. The maximum absolute atomic E-state index is 12.0. The summed E-state index contributed by atoms with van der Waals surface area (Å²) in [6.07, 6.45) is 2.22. The fourth-order valence-corrected chi connectivity index (χ4v) is 2.40. The van der Waals surface area contributed by atoms with E-state index < -0.39 is 5.91 Å². The zero-order chi connectivity index (χ0) is 16.7. The number of hydrogen-bond acceptors (Lipinski definition) is 5. The van der Waals surface area contributed by atoms with Gasteiger partial charge in [-0.25, -0.2) is 0 Å². The number of amides is 1. The molecule has 0 aliphatic carbocycles. The number of benzene rings is 1. The van der Waals surface area contributed by atoms with E-state index in [4.69, 9.17) is 14.2 Å². The van der Waals surface area contributed by atoms with Crippen molar-refractivity contribution in [1.29, 1.82) is 5.26 Å². The Morgan fingerprint density at radius 2 is 2.22 bits per heavy atom. The number of carbonyl (C=O) groups is 1. The number of carbonyl (C=O) groups excluding carboxylic acids is 1. The predicted octanol–water partition coefficient (Wildman–Crippen LogP) is 2.63. The second-order valence-corrected chi connectivity index (χ2v) is 5.56. The van der Waals surface area contributed by atoms with Crippen LogP contribution in [-0.4, -0.2) is 32.5 Å². The van der Waals surface area contributed by atoms with Crippen LogP contribution in [0.25, 0.3) is 6.08 Å². The van der Waals surface area contributed by atoms with Crippen molar-refractivity contribution in [1.82, 2.24) is 5.32 Å². The van der Waals surface area contributed by atoms with Gasteiger partial charge in [0.15, 0.2) is 11.5 Å². The van der Waals surface area contributed by atoms with Crippen molar-refractivity contribution in [3.8, 4) is 17.6 Å². The van der Waals surface area contributed by atoms with Crippen LogP contribution in [0.3, 0.4) is 0 Å². The monoisotopic (exact) mass is 380 g/mol. The average Bonchev–Trinajstić information content (AvgIpc) is 2.99. The van der Waals surface area contributed by atoms with Crippen molar-refractivity contribution in [2.24, 2.45) is 0 Å². The maximum Gasteiger partial charge on any atom is 0.261 e. The summed E-state index contributed by atoms with van der Waals surface area (Å²) >= 11 is 3.40. The van der Waals surface area contributed by atoms with E-state index in [0.717, 1.165) is 4.47 Å². The Kier molecular flexibility index (Phi) is 6.44. The molecule has 122 valence electrons. The van der Waals surface area contributed by atoms with Crippen LogP contribution in [0.4, 0.5) is 0 Å². The van der Waals surface area contributed by atoms with Crippen LogP contribution in [-0.2, 0) is 9.53 Å². The minimum absolute atomic E-state index is 0.0287. The second-order valence-electron chi connectivity index (χ2n) is 4.70. The van der Waals surface area contributed by atoms with Gasteiger partial charge in [0, 0.05) is 24.2 Å². The molecule has 0 radical (unpaired) electrons. The van der Waals surface area contributed by atoms with E-state index in [9.17, 15) is 10.1 Å². The summed E-state index contributed by atoms with van der Waals surface area (Å²) in [6, 6.07) is 5.40. The molecule has 23 heavy (non-hydrogen) atoms. The zero-order valence-electron chi connectivity index (χ0n) is 12.7. The Morgan fingerprint density at radius 1 is 1.48 bits per heavy atom. The highest BCUT2D eigenvalue weighted by atomic mass is 79.9. The molecule has 0 saturated carbocycles. The molecule has 0 bridgehead atoms. The smallest absolute Gasteiger partial charge is 0.261 e. The third kappa shape index (κ3) is 4.71. The van der Waals surface area contributed by atoms with Crippen molar-refractivity contribution >= 4 is 27.9 Å². The van der Waals surface area contributed by atoms with E-state index in [0.29, 0.717) is 43.2 Å². The van der Waals surface area contributed by atoms with Crippen LogP contribution >= 0.6 is 15.9 Å². The molecule has 6 nitrogen and oxygen atoms in total. The minimum atomic E-state index is -0.409. The first-order valence-corrected chi connectivity index (χ1v) is 8.02. The van der Waals surface area contributed by atoms with E-state index in [1.807, 2.05) is 13.0 Å². The lowest BCUT2D eigenvalue weighted by Gasteiger charge is -2.06. The third-order valence-corrected chi connectivity index (χ3v) is 3.80. The van der Waals surface area contributed by atoms with Crippen LogP contribution in [0.2, 0.25) is 0 Å². The van der Waals surface area contributed by atoms with Crippen molar-refractivity contribution in [2.75, 3.05) is 26.6 Å². The van der Waals surface area contributed by atoms with Crippen molar-refractivity contribution in [2.45, 2.75) is 13.3 Å². The molecule has 1 aromatic rings. The molecule has 0 aromatic heterocycles. The predicted molar refractivity (Wildman–Crippen MR) is 88.0 cm³/mol. The van der Waals surface area contributed by atoms with E-state index in [1.165, 1.54) is 6.08 Å². The number of nitrogens with zero attached hydrogens (tertiary/aromatic N) is 1. The molecule has 0 spiro atoms. The fraction of sp³-hybridized carbons (Fsp3) is 0.375. The summed E-state index contributed by atoms with van der Waals surface area (Å²) in [5.41, 5.74) is 0.705. The first kappa shape index (κ1) is 17.3. The molecule has 1 aromatic carbocycles. The van der Waals surface area contributed by atoms with Gasteiger partial charge in [-0.2, -0.15) is 5.26 Å². The number of ether oxygens (including phenoxy) is 3. The molecule has 1 N–H and O–H groups in total. The van der Waals surface area contributed by atoms with Crippen LogP contribution in [0.5, 0.6) is 11.5 Å². The molecule has 0 saturated heterocycles. The molecule has 2 rings (SSSR count). The van der Waals surface area contributed by atoms with Gasteiger partial charge in [-0.05, 0) is 37.1 Å². The van der Waals surface area contributed by atoms with Gasteiger partial charge in [0.1, 0.15) is 11.6 Å². The maximum atomic E-state index is 12.0. The fourth-order valence-electron chi connectivity index (χ4n) is 1.96. The van der Waals surface area contributed by atoms with Gasteiger partial charge >= 0.3 is 0 Å². The topological polar surface area (TPSA) is 80.6 Å². The summed E-state index contributed by atoms with van der Waals surface area (Å²) in [4.78, 5) is 12.0. The number of hydrogen-bond donors (Lipinski definition) is 1. The highest BCUT2D eigenvalue weighted by molar-refractivity contribution is 9.10.